The number of rotatable bonds is 2. The lowest BCUT2D eigenvalue weighted by atomic mass is 10.1. The van der Waals surface area contributed by atoms with Gasteiger partial charge in [-0.05, 0) is 30.9 Å². The van der Waals surface area contributed by atoms with Crippen LogP contribution in [0, 0.1) is 0 Å². The maximum Gasteiger partial charge on any atom is 0.230 e. The Bertz CT molecular complexity index is 553. The first-order valence-electron chi connectivity index (χ1n) is 6.55. The fourth-order valence-electron chi connectivity index (χ4n) is 2.29. The second kappa shape index (κ2) is 5.53. The highest BCUT2D eigenvalue weighted by molar-refractivity contribution is 6.28. The molecule has 1 aromatic carbocycles. The van der Waals surface area contributed by atoms with Crippen LogP contribution in [0.2, 0.25) is 5.28 Å². The quantitative estimate of drug-likeness (QED) is 0.843. The Balaban J connectivity index is 1.96. The van der Waals surface area contributed by atoms with Crippen LogP contribution in [0.1, 0.15) is 19.3 Å². The average Bonchev–Trinajstić information content (AvgIpc) is 2.48. The number of anilines is 1. The third kappa shape index (κ3) is 2.84. The summed E-state index contributed by atoms with van der Waals surface area (Å²) in [5.41, 5.74) is 0.963. The van der Waals surface area contributed by atoms with Crippen LogP contribution in [0.3, 0.4) is 0 Å². The summed E-state index contributed by atoms with van der Waals surface area (Å²) in [6.07, 6.45) is 3.65. The van der Waals surface area contributed by atoms with Crippen molar-refractivity contribution in [3.05, 3.63) is 35.6 Å². The van der Waals surface area contributed by atoms with E-state index >= 15 is 0 Å². The van der Waals surface area contributed by atoms with Gasteiger partial charge in [0, 0.05) is 18.7 Å². The van der Waals surface area contributed by atoms with E-state index in [1.54, 1.807) is 0 Å². The van der Waals surface area contributed by atoms with Gasteiger partial charge < -0.3 is 4.90 Å². The van der Waals surface area contributed by atoms with E-state index in [-0.39, 0.29) is 5.28 Å². The molecule has 2 heterocycles. The Kier molecular flexibility index (Phi) is 3.60. The second-order valence-electron chi connectivity index (χ2n) is 4.64. The van der Waals surface area contributed by atoms with E-state index in [9.17, 15) is 0 Å². The van der Waals surface area contributed by atoms with Crippen molar-refractivity contribution in [1.82, 2.24) is 15.0 Å². The van der Waals surface area contributed by atoms with Crippen LogP contribution in [0.25, 0.3) is 11.4 Å². The van der Waals surface area contributed by atoms with Crippen molar-refractivity contribution in [2.75, 3.05) is 18.0 Å². The molecule has 0 unspecified atom stereocenters. The van der Waals surface area contributed by atoms with E-state index in [0.717, 1.165) is 18.7 Å². The van der Waals surface area contributed by atoms with E-state index < -0.39 is 0 Å². The summed E-state index contributed by atoms with van der Waals surface area (Å²) >= 11 is 6.03. The summed E-state index contributed by atoms with van der Waals surface area (Å²) in [6.45, 7) is 1.99. The fourth-order valence-corrected chi connectivity index (χ4v) is 2.45. The molecule has 98 valence electrons. The van der Waals surface area contributed by atoms with Crippen LogP contribution in [0.5, 0.6) is 0 Å². The standard InChI is InChI=1S/C14H15ClN4/c15-13-16-12(11-7-3-1-4-8-11)17-14(18-13)19-9-5-2-6-10-19/h1,3-4,7-8H,2,5-6,9-10H2. The lowest BCUT2D eigenvalue weighted by molar-refractivity contribution is 0.567. The second-order valence-corrected chi connectivity index (χ2v) is 4.98. The van der Waals surface area contributed by atoms with Crippen LogP contribution in [0.15, 0.2) is 30.3 Å². The van der Waals surface area contributed by atoms with Crippen LogP contribution in [-0.4, -0.2) is 28.0 Å². The van der Waals surface area contributed by atoms with Gasteiger partial charge in [0.1, 0.15) is 0 Å². The summed E-state index contributed by atoms with van der Waals surface area (Å²) in [5, 5.41) is 0.259. The summed E-state index contributed by atoms with van der Waals surface area (Å²) in [6, 6.07) is 9.86. The van der Waals surface area contributed by atoms with Crippen molar-refractivity contribution in [3.63, 3.8) is 0 Å². The summed E-state index contributed by atoms with van der Waals surface area (Å²) in [4.78, 5) is 15.2. The molecule has 1 aliphatic heterocycles. The Hall–Kier alpha value is -1.68. The minimum atomic E-state index is 0.259. The van der Waals surface area contributed by atoms with Gasteiger partial charge in [0.2, 0.25) is 11.2 Å². The van der Waals surface area contributed by atoms with Gasteiger partial charge in [0.15, 0.2) is 5.82 Å². The van der Waals surface area contributed by atoms with Crippen molar-refractivity contribution in [2.24, 2.45) is 0 Å². The molecule has 1 saturated heterocycles. The summed E-state index contributed by atoms with van der Waals surface area (Å²) in [7, 11) is 0. The number of benzene rings is 1. The van der Waals surface area contributed by atoms with Crippen molar-refractivity contribution < 1.29 is 0 Å². The predicted molar refractivity (Wildman–Crippen MR) is 76.3 cm³/mol. The molecule has 0 atom stereocenters. The van der Waals surface area contributed by atoms with Crippen LogP contribution >= 0.6 is 11.6 Å². The van der Waals surface area contributed by atoms with Gasteiger partial charge in [-0.1, -0.05) is 30.3 Å². The molecule has 0 radical (unpaired) electrons. The molecule has 3 rings (SSSR count). The van der Waals surface area contributed by atoms with Crippen molar-refractivity contribution in [2.45, 2.75) is 19.3 Å². The lowest BCUT2D eigenvalue weighted by Gasteiger charge is -2.26. The molecular formula is C14H15ClN4. The maximum atomic E-state index is 6.03. The van der Waals surface area contributed by atoms with Gasteiger partial charge in [-0.3, -0.25) is 0 Å². The molecular weight excluding hydrogens is 260 g/mol. The minimum Gasteiger partial charge on any atom is -0.341 e. The highest BCUT2D eigenvalue weighted by atomic mass is 35.5. The molecule has 1 aromatic heterocycles. The molecule has 0 aliphatic carbocycles. The van der Waals surface area contributed by atoms with Crippen molar-refractivity contribution >= 4 is 17.5 Å². The zero-order chi connectivity index (χ0) is 13.1. The Morgan fingerprint density at radius 2 is 1.63 bits per heavy atom. The molecule has 2 aromatic rings. The van der Waals surface area contributed by atoms with Crippen LogP contribution < -0.4 is 4.90 Å². The number of halogens is 1. The summed E-state index contributed by atoms with van der Waals surface area (Å²) in [5.74, 6) is 1.33. The highest BCUT2D eigenvalue weighted by Gasteiger charge is 2.16. The Morgan fingerprint density at radius 3 is 2.37 bits per heavy atom. The van der Waals surface area contributed by atoms with Gasteiger partial charge in [-0.2, -0.15) is 15.0 Å². The maximum absolute atomic E-state index is 6.03. The monoisotopic (exact) mass is 274 g/mol. The zero-order valence-electron chi connectivity index (χ0n) is 10.6. The first kappa shape index (κ1) is 12.4. The molecule has 0 amide bonds. The van der Waals surface area contributed by atoms with E-state index in [0.29, 0.717) is 11.8 Å². The van der Waals surface area contributed by atoms with E-state index in [1.165, 1.54) is 19.3 Å². The topological polar surface area (TPSA) is 41.9 Å². The van der Waals surface area contributed by atoms with Gasteiger partial charge in [0.05, 0.1) is 0 Å². The third-order valence-electron chi connectivity index (χ3n) is 3.27. The van der Waals surface area contributed by atoms with Gasteiger partial charge >= 0.3 is 0 Å². The first-order valence-corrected chi connectivity index (χ1v) is 6.93. The van der Waals surface area contributed by atoms with Crippen molar-refractivity contribution in [3.8, 4) is 11.4 Å². The van der Waals surface area contributed by atoms with Gasteiger partial charge in [-0.25, -0.2) is 0 Å². The normalized spacial score (nSPS) is 15.5. The van der Waals surface area contributed by atoms with E-state index in [4.69, 9.17) is 11.6 Å². The molecule has 0 spiro atoms. The average molecular weight is 275 g/mol. The SMILES string of the molecule is Clc1nc(-c2ccccc2)nc(N2CCCCC2)n1. The van der Waals surface area contributed by atoms with Gasteiger partial charge in [-0.15, -0.1) is 0 Å². The molecule has 5 heteroatoms. The fraction of sp³-hybridized carbons (Fsp3) is 0.357. The van der Waals surface area contributed by atoms with Crippen LogP contribution in [0.4, 0.5) is 5.95 Å². The van der Waals surface area contributed by atoms with Crippen molar-refractivity contribution in [1.29, 1.82) is 0 Å². The Morgan fingerprint density at radius 1 is 0.895 bits per heavy atom. The number of aromatic nitrogens is 3. The third-order valence-corrected chi connectivity index (χ3v) is 3.44. The molecule has 0 saturated carbocycles. The van der Waals surface area contributed by atoms with Crippen LogP contribution in [-0.2, 0) is 0 Å². The molecule has 1 aliphatic rings. The first-order chi connectivity index (χ1) is 9.33. The molecule has 4 nitrogen and oxygen atoms in total. The summed E-state index contributed by atoms with van der Waals surface area (Å²) < 4.78 is 0. The molecule has 0 N–H and O–H groups in total. The number of nitrogens with zero attached hydrogens (tertiary/aromatic N) is 4. The minimum absolute atomic E-state index is 0.259. The zero-order valence-corrected chi connectivity index (χ0v) is 11.3. The van der Waals surface area contributed by atoms with Gasteiger partial charge in [0.25, 0.3) is 0 Å². The van der Waals surface area contributed by atoms with E-state index in [1.807, 2.05) is 30.3 Å². The largest absolute Gasteiger partial charge is 0.341 e. The molecule has 1 fully saturated rings. The highest BCUT2D eigenvalue weighted by Crippen LogP contribution is 2.21. The number of piperidine rings is 1. The molecule has 0 bridgehead atoms. The smallest absolute Gasteiger partial charge is 0.230 e. The lowest BCUT2D eigenvalue weighted by Crippen LogP contribution is -2.31. The number of hydrogen-bond donors (Lipinski definition) is 0. The van der Waals surface area contributed by atoms with E-state index in [2.05, 4.69) is 19.9 Å². The molecule has 19 heavy (non-hydrogen) atoms. The number of hydrogen-bond acceptors (Lipinski definition) is 4. The Labute approximate surface area is 117 Å². The predicted octanol–water partition coefficient (Wildman–Crippen LogP) is 3.18.